The number of hydrogen-bond donors (Lipinski definition) is 2. The van der Waals surface area contributed by atoms with Gasteiger partial charge in [-0.1, -0.05) is 0 Å². The van der Waals surface area contributed by atoms with Crippen molar-refractivity contribution in [2.24, 2.45) is 0 Å². The molecule has 0 radical (unpaired) electrons. The number of nitrogens with zero attached hydrogens (tertiary/aromatic N) is 1. The van der Waals surface area contributed by atoms with E-state index in [0.717, 1.165) is 0 Å². The Hall–Kier alpha value is -0.450. The van der Waals surface area contributed by atoms with Crippen LogP contribution in [0.5, 0.6) is 0 Å². The van der Waals surface area contributed by atoms with Crippen molar-refractivity contribution in [2.45, 2.75) is 13.2 Å². The van der Waals surface area contributed by atoms with Gasteiger partial charge in [0.2, 0.25) is 0 Å². The molecule has 0 heterocycles. The van der Waals surface area contributed by atoms with Gasteiger partial charge >= 0.3 is 5.91 Å². The summed E-state index contributed by atoms with van der Waals surface area (Å²) in [5.74, 6) is -0.394. The summed E-state index contributed by atoms with van der Waals surface area (Å²) in [6.45, 7) is 0.978. The Kier molecular flexibility index (Phi) is 2.96. The van der Waals surface area contributed by atoms with Gasteiger partial charge in [0.15, 0.2) is 12.8 Å². The maximum absolute atomic E-state index is 10.8. The van der Waals surface area contributed by atoms with Gasteiger partial charge in [0.1, 0.15) is 0 Å². The third-order valence-corrected chi connectivity index (χ3v) is 1.71. The predicted octanol–water partition coefficient (Wildman–Crippen LogP) is -1.08. The average Bonchev–Trinajstić information content (AvgIpc) is 1.86. The molecule has 0 aliphatic rings. The molecule has 10 heavy (non-hydrogen) atoms. The van der Waals surface area contributed by atoms with Crippen LogP contribution >= 0.6 is 0 Å². The van der Waals surface area contributed by atoms with E-state index < -0.39 is 18.7 Å². The van der Waals surface area contributed by atoms with Gasteiger partial charge in [-0.05, 0) is 0 Å². The first-order valence-electron chi connectivity index (χ1n) is 3.09. The molecule has 0 aromatic heterocycles. The van der Waals surface area contributed by atoms with E-state index in [0.29, 0.717) is 0 Å². The summed E-state index contributed by atoms with van der Waals surface area (Å²) in [6.07, 6.45) is -0.778. The van der Waals surface area contributed by atoms with Crippen molar-refractivity contribution >= 4 is 5.91 Å². The van der Waals surface area contributed by atoms with E-state index in [4.69, 9.17) is 10.2 Å². The number of carbonyl (C=O) groups excluding carboxylic acids is 1. The zero-order valence-electron chi connectivity index (χ0n) is 6.53. The van der Waals surface area contributed by atoms with Crippen molar-refractivity contribution in [2.75, 3.05) is 20.7 Å². The van der Waals surface area contributed by atoms with Gasteiger partial charge in [-0.3, -0.25) is 0 Å². The molecule has 60 valence electrons. The highest BCUT2D eigenvalue weighted by Crippen LogP contribution is 2.02. The normalized spacial score (nSPS) is 14.9. The average molecular weight is 148 g/mol. The second-order valence-electron chi connectivity index (χ2n) is 2.72. The number of amides is 1. The molecular formula is C6H14NO3+. The second-order valence-corrected chi connectivity index (χ2v) is 2.72. The van der Waals surface area contributed by atoms with E-state index in [1.807, 2.05) is 0 Å². The van der Waals surface area contributed by atoms with Crippen molar-refractivity contribution in [3.8, 4) is 0 Å². The summed E-state index contributed by atoms with van der Waals surface area (Å²) in [7, 11) is 3.09. The topological polar surface area (TPSA) is 57.5 Å². The zero-order valence-corrected chi connectivity index (χ0v) is 6.53. The summed E-state index contributed by atoms with van der Waals surface area (Å²) in [5.41, 5.74) is 0. The molecular weight excluding hydrogens is 134 g/mol. The Morgan fingerprint density at radius 2 is 2.00 bits per heavy atom. The lowest BCUT2D eigenvalue weighted by atomic mass is 10.4. The third-order valence-electron chi connectivity index (χ3n) is 1.71. The van der Waals surface area contributed by atoms with E-state index in [1.54, 1.807) is 14.1 Å². The minimum absolute atomic E-state index is 0.198. The fourth-order valence-electron chi connectivity index (χ4n) is 0.391. The van der Waals surface area contributed by atoms with Crippen molar-refractivity contribution in [3.05, 3.63) is 0 Å². The van der Waals surface area contributed by atoms with Gasteiger partial charge in [-0.2, -0.15) is 0 Å². The zero-order chi connectivity index (χ0) is 8.36. The van der Waals surface area contributed by atoms with Crippen LogP contribution in [0.15, 0.2) is 0 Å². The SMILES string of the molecule is CC(O)[N+](C)(C)C(=O)CO. The highest BCUT2D eigenvalue weighted by atomic mass is 16.3. The summed E-state index contributed by atoms with van der Waals surface area (Å²) in [6, 6.07) is 0. The van der Waals surface area contributed by atoms with Crippen molar-refractivity contribution in [1.29, 1.82) is 0 Å². The van der Waals surface area contributed by atoms with E-state index in [1.165, 1.54) is 6.92 Å². The molecule has 0 aliphatic carbocycles. The molecule has 0 spiro atoms. The number of aliphatic hydroxyl groups is 2. The smallest absolute Gasteiger partial charge is 0.340 e. The van der Waals surface area contributed by atoms with Crippen LogP contribution in [-0.4, -0.2) is 47.5 Å². The molecule has 0 aromatic carbocycles. The molecule has 0 bridgehead atoms. The molecule has 0 fully saturated rings. The molecule has 0 aliphatic heterocycles. The Morgan fingerprint density at radius 3 is 2.10 bits per heavy atom. The van der Waals surface area contributed by atoms with Crippen LogP contribution < -0.4 is 0 Å². The standard InChI is InChI=1S/C6H14NO3/c1-5(9)7(2,3)6(10)4-8/h5,8-9H,4H2,1-3H3/q+1. The van der Waals surface area contributed by atoms with Crippen molar-refractivity contribution < 1.29 is 19.5 Å². The van der Waals surface area contributed by atoms with Gasteiger partial charge in [0.05, 0.1) is 14.1 Å². The molecule has 1 atom stereocenters. The summed E-state index contributed by atoms with van der Waals surface area (Å²) < 4.78 is -0.198. The summed E-state index contributed by atoms with van der Waals surface area (Å²) >= 11 is 0. The second kappa shape index (κ2) is 3.09. The quantitative estimate of drug-likeness (QED) is 0.387. The van der Waals surface area contributed by atoms with E-state index in [2.05, 4.69) is 0 Å². The number of rotatable bonds is 2. The minimum Gasteiger partial charge on any atom is -0.382 e. The fourth-order valence-corrected chi connectivity index (χ4v) is 0.391. The monoisotopic (exact) mass is 148 g/mol. The maximum atomic E-state index is 10.8. The van der Waals surface area contributed by atoms with Crippen LogP contribution in [0.2, 0.25) is 0 Å². The first-order valence-corrected chi connectivity index (χ1v) is 3.09. The fraction of sp³-hybridized carbons (Fsp3) is 0.833. The molecule has 1 unspecified atom stereocenters. The van der Waals surface area contributed by atoms with Gasteiger partial charge in [-0.15, -0.1) is 0 Å². The summed E-state index contributed by atoms with van der Waals surface area (Å²) in [4.78, 5) is 10.8. The van der Waals surface area contributed by atoms with Gasteiger partial charge in [-0.25, -0.2) is 9.28 Å². The molecule has 0 rings (SSSR count). The molecule has 2 N–H and O–H groups in total. The van der Waals surface area contributed by atoms with Crippen LogP contribution in [0, 0.1) is 0 Å². The molecule has 4 heteroatoms. The number of aliphatic hydroxyl groups excluding tert-OH is 2. The predicted molar refractivity (Wildman–Crippen MR) is 35.9 cm³/mol. The van der Waals surface area contributed by atoms with Crippen molar-refractivity contribution in [3.63, 3.8) is 0 Å². The molecule has 4 nitrogen and oxygen atoms in total. The van der Waals surface area contributed by atoms with Gasteiger partial charge in [0, 0.05) is 6.92 Å². The summed E-state index contributed by atoms with van der Waals surface area (Å²) in [5, 5.41) is 17.5. The highest BCUT2D eigenvalue weighted by Gasteiger charge is 2.30. The largest absolute Gasteiger partial charge is 0.382 e. The van der Waals surface area contributed by atoms with E-state index >= 15 is 0 Å². The molecule has 0 saturated heterocycles. The lowest BCUT2D eigenvalue weighted by Gasteiger charge is -2.28. The Balaban J connectivity index is 4.24. The molecule has 0 aromatic rings. The molecule has 1 amide bonds. The Labute approximate surface area is 60.3 Å². The van der Waals surface area contributed by atoms with Crippen LogP contribution in [0.25, 0.3) is 0 Å². The number of carbonyl (C=O) groups is 1. The third kappa shape index (κ3) is 1.76. The minimum atomic E-state index is -0.778. The van der Waals surface area contributed by atoms with Gasteiger partial charge in [0.25, 0.3) is 0 Å². The Bertz CT molecular complexity index is 131. The van der Waals surface area contributed by atoms with Crippen LogP contribution in [0.3, 0.4) is 0 Å². The lowest BCUT2D eigenvalue weighted by molar-refractivity contribution is -0.863. The first-order chi connectivity index (χ1) is 4.42. The van der Waals surface area contributed by atoms with E-state index in [-0.39, 0.29) is 4.48 Å². The van der Waals surface area contributed by atoms with Gasteiger partial charge < -0.3 is 10.2 Å². The van der Waals surface area contributed by atoms with Crippen LogP contribution in [0.1, 0.15) is 6.92 Å². The van der Waals surface area contributed by atoms with Crippen LogP contribution in [-0.2, 0) is 4.79 Å². The van der Waals surface area contributed by atoms with Crippen LogP contribution in [0.4, 0.5) is 0 Å². The Morgan fingerprint density at radius 1 is 1.60 bits per heavy atom. The first kappa shape index (κ1) is 9.55. The number of hydrogen-bond acceptors (Lipinski definition) is 3. The number of likely N-dealkylation sites (N-methyl/N-ethyl adjacent to an activating group) is 1. The number of quaternary nitrogens is 1. The van der Waals surface area contributed by atoms with E-state index in [9.17, 15) is 4.79 Å². The lowest BCUT2D eigenvalue weighted by Crippen LogP contribution is -2.53. The van der Waals surface area contributed by atoms with Crippen molar-refractivity contribution in [1.82, 2.24) is 0 Å². The highest BCUT2D eigenvalue weighted by molar-refractivity contribution is 5.69. The maximum Gasteiger partial charge on any atom is 0.340 e. The molecule has 0 saturated carbocycles.